The third-order valence-electron chi connectivity index (χ3n) is 4.78. The molecule has 1 aromatic rings. The Morgan fingerprint density at radius 2 is 1.82 bits per heavy atom. The van der Waals surface area contributed by atoms with Gasteiger partial charge in [0.05, 0.1) is 5.56 Å². The van der Waals surface area contributed by atoms with Crippen molar-refractivity contribution in [2.75, 3.05) is 23.7 Å². The molecule has 2 rings (SSSR count). The van der Waals surface area contributed by atoms with Crippen LogP contribution < -0.4 is 10.6 Å². The number of hydrogen-bond donors (Lipinski definition) is 1. The maximum absolute atomic E-state index is 13.2. The molecule has 0 saturated carbocycles. The highest BCUT2D eigenvalue weighted by atomic mass is 16.2. The zero-order valence-electron chi connectivity index (χ0n) is 14.3. The van der Waals surface area contributed by atoms with E-state index in [4.69, 9.17) is 5.73 Å². The number of benzene rings is 1. The fourth-order valence-electron chi connectivity index (χ4n) is 3.53. The smallest absolute Gasteiger partial charge is 0.256 e. The second-order valence-corrected chi connectivity index (χ2v) is 6.29. The average molecular weight is 303 g/mol. The minimum atomic E-state index is 0.119. The zero-order chi connectivity index (χ0) is 16.3. The Hall–Kier alpha value is -1.71. The Balaban J connectivity index is 2.41. The number of carbonyl (C=O) groups is 1. The summed E-state index contributed by atoms with van der Waals surface area (Å²) < 4.78 is 0. The third kappa shape index (κ3) is 3.21. The van der Waals surface area contributed by atoms with Crippen LogP contribution in [0.2, 0.25) is 0 Å². The van der Waals surface area contributed by atoms with Gasteiger partial charge in [-0.15, -0.1) is 0 Å². The summed E-state index contributed by atoms with van der Waals surface area (Å²) in [7, 11) is 0. The molecule has 0 aromatic heterocycles. The van der Waals surface area contributed by atoms with E-state index in [-0.39, 0.29) is 5.91 Å². The van der Waals surface area contributed by atoms with Gasteiger partial charge in [-0.05, 0) is 65.2 Å². The van der Waals surface area contributed by atoms with Crippen LogP contribution in [0.15, 0.2) is 18.2 Å². The molecule has 0 unspecified atom stereocenters. The maximum atomic E-state index is 13.2. The van der Waals surface area contributed by atoms with Crippen LogP contribution in [0.1, 0.15) is 57.3 Å². The molecule has 0 aliphatic carbocycles. The summed E-state index contributed by atoms with van der Waals surface area (Å²) in [5.74, 6) is 0.119. The number of nitrogens with two attached hydrogens (primary N) is 1. The van der Waals surface area contributed by atoms with Crippen LogP contribution in [-0.2, 0) is 0 Å². The molecule has 0 spiro atoms. The highest BCUT2D eigenvalue weighted by Gasteiger charge is 2.31. The van der Waals surface area contributed by atoms with Gasteiger partial charge >= 0.3 is 0 Å². The lowest BCUT2D eigenvalue weighted by Gasteiger charge is -2.40. The van der Waals surface area contributed by atoms with E-state index in [1.165, 1.54) is 6.42 Å². The molecule has 1 amide bonds. The van der Waals surface area contributed by atoms with E-state index >= 15 is 0 Å². The van der Waals surface area contributed by atoms with Crippen molar-refractivity contribution in [2.45, 2.75) is 59.0 Å². The molecule has 0 bridgehead atoms. The van der Waals surface area contributed by atoms with E-state index in [0.717, 1.165) is 37.2 Å². The van der Waals surface area contributed by atoms with Crippen LogP contribution in [0.4, 0.5) is 11.4 Å². The first-order chi connectivity index (χ1) is 10.5. The van der Waals surface area contributed by atoms with Crippen molar-refractivity contribution in [3.63, 3.8) is 0 Å². The number of nitrogens with zero attached hydrogens (tertiary/aromatic N) is 2. The molecule has 4 heteroatoms. The quantitative estimate of drug-likeness (QED) is 0.866. The summed E-state index contributed by atoms with van der Waals surface area (Å²) in [6.45, 7) is 10.3. The van der Waals surface area contributed by atoms with Crippen LogP contribution in [0, 0.1) is 0 Å². The molecule has 2 atom stereocenters. The molecule has 0 radical (unpaired) electrons. The highest BCUT2D eigenvalue weighted by Crippen LogP contribution is 2.29. The van der Waals surface area contributed by atoms with Crippen LogP contribution in [0.25, 0.3) is 0 Å². The Morgan fingerprint density at radius 1 is 1.23 bits per heavy atom. The monoisotopic (exact) mass is 303 g/mol. The lowest BCUT2D eigenvalue weighted by atomic mass is 9.96. The third-order valence-corrected chi connectivity index (χ3v) is 4.78. The van der Waals surface area contributed by atoms with Gasteiger partial charge in [0.2, 0.25) is 0 Å². The summed E-state index contributed by atoms with van der Waals surface area (Å²) in [6, 6.07) is 6.29. The molecule has 1 aliphatic heterocycles. The van der Waals surface area contributed by atoms with Gasteiger partial charge in [0.15, 0.2) is 0 Å². The minimum absolute atomic E-state index is 0.119. The average Bonchev–Trinajstić information content (AvgIpc) is 2.49. The Kier molecular flexibility index (Phi) is 5.33. The number of carbonyl (C=O) groups excluding carboxylic acids is 1. The van der Waals surface area contributed by atoms with Crippen molar-refractivity contribution in [3.8, 4) is 0 Å². The van der Waals surface area contributed by atoms with Crippen molar-refractivity contribution in [1.29, 1.82) is 0 Å². The number of anilines is 2. The molecule has 1 saturated heterocycles. The second-order valence-electron chi connectivity index (χ2n) is 6.29. The van der Waals surface area contributed by atoms with Crippen LogP contribution in [0.3, 0.4) is 0 Å². The largest absolute Gasteiger partial charge is 0.399 e. The standard InChI is InChI=1S/C18H29N3O/c1-5-20(6-2)17-11-10-15(19)12-16(17)18(22)21-13(3)8-7-9-14(21)4/h10-14H,5-9,19H2,1-4H3/t13-,14-/m0/s1. The molecule has 22 heavy (non-hydrogen) atoms. The Morgan fingerprint density at radius 3 is 2.36 bits per heavy atom. The van der Waals surface area contributed by atoms with Gasteiger partial charge < -0.3 is 15.5 Å². The minimum Gasteiger partial charge on any atom is -0.399 e. The predicted molar refractivity (Wildman–Crippen MR) is 93.4 cm³/mol. The first-order valence-corrected chi connectivity index (χ1v) is 8.46. The maximum Gasteiger partial charge on any atom is 0.256 e. The van der Waals surface area contributed by atoms with E-state index in [1.807, 2.05) is 23.1 Å². The summed E-state index contributed by atoms with van der Waals surface area (Å²) >= 11 is 0. The highest BCUT2D eigenvalue weighted by molar-refractivity contribution is 6.01. The van der Waals surface area contributed by atoms with E-state index in [9.17, 15) is 4.79 Å². The molecular weight excluding hydrogens is 274 g/mol. The summed E-state index contributed by atoms with van der Waals surface area (Å²) in [4.78, 5) is 17.4. The zero-order valence-corrected chi connectivity index (χ0v) is 14.3. The summed E-state index contributed by atoms with van der Waals surface area (Å²) in [5.41, 5.74) is 8.34. The van der Waals surface area contributed by atoms with Crippen molar-refractivity contribution in [1.82, 2.24) is 4.90 Å². The molecule has 1 heterocycles. The van der Waals surface area contributed by atoms with Crippen molar-refractivity contribution < 1.29 is 4.79 Å². The number of nitrogen functional groups attached to an aromatic ring is 1. The SMILES string of the molecule is CCN(CC)c1ccc(N)cc1C(=O)N1[C@@H](C)CCC[C@@H]1C. The van der Waals surface area contributed by atoms with Crippen molar-refractivity contribution >= 4 is 17.3 Å². The van der Waals surface area contributed by atoms with Gasteiger partial charge in [-0.25, -0.2) is 0 Å². The fourth-order valence-corrected chi connectivity index (χ4v) is 3.53. The normalized spacial score (nSPS) is 21.7. The van der Waals surface area contributed by atoms with Crippen LogP contribution in [0.5, 0.6) is 0 Å². The summed E-state index contributed by atoms with van der Waals surface area (Å²) in [6.07, 6.45) is 3.37. The van der Waals surface area contributed by atoms with Gasteiger partial charge in [-0.1, -0.05) is 0 Å². The number of piperidine rings is 1. The number of hydrogen-bond acceptors (Lipinski definition) is 3. The lowest BCUT2D eigenvalue weighted by molar-refractivity contribution is 0.0511. The van der Waals surface area contributed by atoms with E-state index in [2.05, 4.69) is 32.6 Å². The number of rotatable bonds is 4. The van der Waals surface area contributed by atoms with Crippen LogP contribution in [-0.4, -0.2) is 36.0 Å². The molecular formula is C18H29N3O. The van der Waals surface area contributed by atoms with Gasteiger partial charge in [-0.2, -0.15) is 0 Å². The molecule has 1 aliphatic rings. The van der Waals surface area contributed by atoms with E-state index in [0.29, 0.717) is 17.8 Å². The second kappa shape index (κ2) is 7.03. The van der Waals surface area contributed by atoms with Crippen molar-refractivity contribution in [3.05, 3.63) is 23.8 Å². The number of likely N-dealkylation sites (tertiary alicyclic amines) is 1. The van der Waals surface area contributed by atoms with E-state index in [1.54, 1.807) is 0 Å². The molecule has 122 valence electrons. The fraction of sp³-hybridized carbons (Fsp3) is 0.611. The first kappa shape index (κ1) is 16.7. The van der Waals surface area contributed by atoms with Gasteiger partial charge in [0.1, 0.15) is 0 Å². The first-order valence-electron chi connectivity index (χ1n) is 8.46. The van der Waals surface area contributed by atoms with Gasteiger partial charge in [0.25, 0.3) is 5.91 Å². The van der Waals surface area contributed by atoms with Crippen molar-refractivity contribution in [2.24, 2.45) is 0 Å². The summed E-state index contributed by atoms with van der Waals surface area (Å²) in [5, 5.41) is 0. The molecule has 2 N–H and O–H groups in total. The lowest BCUT2D eigenvalue weighted by Crippen LogP contribution is -2.47. The van der Waals surface area contributed by atoms with Gasteiger partial charge in [-0.3, -0.25) is 4.79 Å². The van der Waals surface area contributed by atoms with Gasteiger partial charge in [0, 0.05) is 36.5 Å². The topological polar surface area (TPSA) is 49.6 Å². The van der Waals surface area contributed by atoms with E-state index < -0.39 is 0 Å². The Bertz CT molecular complexity index is 515. The Labute approximate surface area is 134 Å². The molecule has 4 nitrogen and oxygen atoms in total. The molecule has 1 aromatic carbocycles. The van der Waals surface area contributed by atoms with Crippen LogP contribution >= 0.6 is 0 Å². The predicted octanol–water partition coefficient (Wildman–Crippen LogP) is 3.52. The molecule has 1 fully saturated rings. The number of amides is 1.